The normalized spacial score (nSPS) is 12.4. The van der Waals surface area contributed by atoms with Gasteiger partial charge in [0.25, 0.3) is 5.91 Å². The first kappa shape index (κ1) is 29.9. The molecular weight excluding hydrogens is 559 g/mol. The minimum atomic E-state index is -4.61. The number of fused-ring (bicyclic) bond motifs is 1. The van der Waals surface area contributed by atoms with Crippen molar-refractivity contribution in [3.63, 3.8) is 0 Å². The number of aromatic nitrogens is 3. The van der Waals surface area contributed by atoms with Crippen molar-refractivity contribution in [1.29, 1.82) is 0 Å². The number of rotatable bonds is 8. The molecule has 2 aromatic heterocycles. The average molecular weight is 588 g/mol. The first-order valence-corrected chi connectivity index (χ1v) is 13.0. The molecule has 0 radical (unpaired) electrons. The van der Waals surface area contributed by atoms with Crippen molar-refractivity contribution < 1.29 is 27.5 Å². The molecule has 0 unspecified atom stereocenters. The molecule has 2 aromatic carbocycles. The zero-order chi connectivity index (χ0) is 30.3. The number of benzene rings is 2. The van der Waals surface area contributed by atoms with Gasteiger partial charge in [0.15, 0.2) is 0 Å². The highest BCUT2D eigenvalue weighted by Crippen LogP contribution is 2.39. The third-order valence-corrected chi connectivity index (χ3v) is 7.50. The molecule has 0 bridgehead atoms. The van der Waals surface area contributed by atoms with Crippen LogP contribution in [0, 0.1) is 12.3 Å². The second kappa shape index (κ2) is 10.7. The van der Waals surface area contributed by atoms with E-state index in [1.165, 1.54) is 6.92 Å². The van der Waals surface area contributed by atoms with E-state index in [4.69, 9.17) is 22.1 Å². The minimum absolute atomic E-state index is 0.00713. The zero-order valence-corrected chi connectivity index (χ0v) is 23.8. The molecule has 8 nitrogen and oxygen atoms in total. The number of pyridine rings is 1. The number of amides is 2. The number of ether oxygens (including phenoxy) is 1. The molecular formula is C29H29ClF3N5O3. The summed E-state index contributed by atoms with van der Waals surface area (Å²) in [6, 6.07) is 11.9. The Balaban J connectivity index is 1.58. The lowest BCUT2D eigenvalue weighted by Crippen LogP contribution is -2.46. The van der Waals surface area contributed by atoms with Crippen molar-refractivity contribution in [1.82, 2.24) is 15.0 Å². The SMILES string of the molecule is Cc1nc(C(F)(F)F)ccc1C(=O)Nc1ccc(Cl)c(-c2nc3ccc(OC(C)(C)C(C)(C)CC(N)=O)cc3[nH]2)c1. The highest BCUT2D eigenvalue weighted by Gasteiger charge is 2.40. The van der Waals surface area contributed by atoms with Crippen molar-refractivity contribution in [2.24, 2.45) is 11.1 Å². The number of aryl methyl sites for hydroxylation is 1. The number of halogens is 4. The van der Waals surface area contributed by atoms with Crippen molar-refractivity contribution >= 4 is 40.1 Å². The number of carbonyl (C=O) groups excluding carboxylic acids is 2. The number of imidazole rings is 1. The molecule has 0 saturated heterocycles. The van der Waals surface area contributed by atoms with Crippen LogP contribution >= 0.6 is 11.6 Å². The van der Waals surface area contributed by atoms with Gasteiger partial charge in [-0.25, -0.2) is 9.97 Å². The summed E-state index contributed by atoms with van der Waals surface area (Å²) in [4.78, 5) is 35.7. The minimum Gasteiger partial charge on any atom is -0.487 e. The molecule has 0 fully saturated rings. The van der Waals surface area contributed by atoms with Gasteiger partial charge in [-0.05, 0) is 63.2 Å². The van der Waals surface area contributed by atoms with Gasteiger partial charge in [-0.2, -0.15) is 13.2 Å². The van der Waals surface area contributed by atoms with E-state index in [1.807, 2.05) is 27.7 Å². The van der Waals surface area contributed by atoms with E-state index < -0.39 is 34.7 Å². The van der Waals surface area contributed by atoms with E-state index in [0.717, 1.165) is 12.1 Å². The summed E-state index contributed by atoms with van der Waals surface area (Å²) in [7, 11) is 0. The number of alkyl halides is 3. The lowest BCUT2D eigenvalue weighted by atomic mass is 9.74. The lowest BCUT2D eigenvalue weighted by Gasteiger charge is -2.41. The maximum absolute atomic E-state index is 12.9. The molecule has 2 heterocycles. The van der Waals surface area contributed by atoms with E-state index in [9.17, 15) is 22.8 Å². The van der Waals surface area contributed by atoms with Crippen molar-refractivity contribution in [2.75, 3.05) is 5.32 Å². The summed E-state index contributed by atoms with van der Waals surface area (Å²) < 4.78 is 45.1. The van der Waals surface area contributed by atoms with Gasteiger partial charge in [-0.15, -0.1) is 0 Å². The fourth-order valence-electron chi connectivity index (χ4n) is 4.20. The summed E-state index contributed by atoms with van der Waals surface area (Å²) in [5.74, 6) is -0.0473. The fourth-order valence-corrected chi connectivity index (χ4v) is 4.41. The summed E-state index contributed by atoms with van der Waals surface area (Å²) >= 11 is 6.46. The van der Waals surface area contributed by atoms with Gasteiger partial charge in [-0.3, -0.25) is 9.59 Å². The van der Waals surface area contributed by atoms with Gasteiger partial charge in [0, 0.05) is 29.2 Å². The van der Waals surface area contributed by atoms with E-state index >= 15 is 0 Å². The Kier molecular flexibility index (Phi) is 7.79. The van der Waals surface area contributed by atoms with Crippen molar-refractivity contribution in [3.8, 4) is 17.1 Å². The van der Waals surface area contributed by atoms with Crippen LogP contribution in [0.15, 0.2) is 48.5 Å². The number of primary amides is 1. The topological polar surface area (TPSA) is 123 Å². The molecule has 4 N–H and O–H groups in total. The van der Waals surface area contributed by atoms with Crippen LogP contribution in [0.5, 0.6) is 5.75 Å². The molecule has 0 spiro atoms. The first-order chi connectivity index (χ1) is 19.0. The molecule has 4 aromatic rings. The van der Waals surface area contributed by atoms with E-state index in [-0.39, 0.29) is 17.7 Å². The number of H-pyrrole nitrogens is 1. The smallest absolute Gasteiger partial charge is 0.433 e. The predicted molar refractivity (Wildman–Crippen MR) is 151 cm³/mol. The molecule has 0 atom stereocenters. The first-order valence-electron chi connectivity index (χ1n) is 12.6. The number of nitrogens with one attached hydrogen (secondary N) is 2. The molecule has 216 valence electrons. The summed E-state index contributed by atoms with van der Waals surface area (Å²) in [6.07, 6.45) is -4.46. The van der Waals surface area contributed by atoms with Crippen molar-refractivity contribution in [2.45, 2.75) is 52.8 Å². The van der Waals surface area contributed by atoms with Gasteiger partial charge in [0.2, 0.25) is 5.91 Å². The number of hydrogen-bond donors (Lipinski definition) is 3. The summed E-state index contributed by atoms with van der Waals surface area (Å²) in [5, 5.41) is 3.04. The second-order valence-electron chi connectivity index (χ2n) is 10.9. The number of carbonyl (C=O) groups is 2. The molecule has 0 saturated carbocycles. The van der Waals surface area contributed by atoms with Crippen LogP contribution < -0.4 is 15.8 Å². The predicted octanol–water partition coefficient (Wildman–Crippen LogP) is 6.92. The standard InChI is InChI=1S/C29H29ClF3N5O3/c1-15-18(8-11-23(35-15)29(31,32)33)26(40)36-16-6-9-20(30)19(12-16)25-37-21-10-7-17(13-22(21)38-25)41-28(4,5)27(2,3)14-24(34)39/h6-13H,14H2,1-5H3,(H2,34,39)(H,36,40)(H,37,38). The molecule has 4 rings (SSSR count). The maximum atomic E-state index is 12.9. The zero-order valence-electron chi connectivity index (χ0n) is 23.0. The van der Waals surface area contributed by atoms with Gasteiger partial charge in [0.1, 0.15) is 22.9 Å². The van der Waals surface area contributed by atoms with Crippen molar-refractivity contribution in [3.05, 3.63) is 70.5 Å². The molecule has 2 amide bonds. The molecule has 0 aliphatic heterocycles. The average Bonchev–Trinajstić information content (AvgIpc) is 3.26. The van der Waals surface area contributed by atoms with Crippen LogP contribution in [0.2, 0.25) is 5.02 Å². The van der Waals surface area contributed by atoms with Gasteiger partial charge in [0.05, 0.1) is 27.3 Å². The van der Waals surface area contributed by atoms with E-state index in [2.05, 4.69) is 20.3 Å². The third kappa shape index (κ3) is 6.45. The van der Waals surface area contributed by atoms with Gasteiger partial charge in [-0.1, -0.05) is 25.4 Å². The molecule has 12 heteroatoms. The Hall–Kier alpha value is -4.12. The Labute approximate surface area is 239 Å². The summed E-state index contributed by atoms with van der Waals surface area (Å²) in [6.45, 7) is 8.94. The number of aromatic amines is 1. The van der Waals surface area contributed by atoms with Crippen LogP contribution in [0.3, 0.4) is 0 Å². The second-order valence-corrected chi connectivity index (χ2v) is 11.3. The highest BCUT2D eigenvalue weighted by molar-refractivity contribution is 6.33. The Morgan fingerprint density at radius 1 is 1.02 bits per heavy atom. The van der Waals surface area contributed by atoms with Crippen LogP contribution in [-0.2, 0) is 11.0 Å². The highest BCUT2D eigenvalue weighted by atomic mass is 35.5. The Morgan fingerprint density at radius 2 is 1.73 bits per heavy atom. The quantitative estimate of drug-likeness (QED) is 0.206. The fraction of sp³-hybridized carbons (Fsp3) is 0.310. The largest absolute Gasteiger partial charge is 0.487 e. The van der Waals surface area contributed by atoms with Gasteiger partial charge < -0.3 is 20.8 Å². The number of anilines is 1. The summed E-state index contributed by atoms with van der Waals surface area (Å²) in [5.41, 5.74) is 5.19. The molecule has 0 aliphatic carbocycles. The maximum Gasteiger partial charge on any atom is 0.433 e. The number of hydrogen-bond acceptors (Lipinski definition) is 5. The Bertz CT molecular complexity index is 1650. The van der Waals surface area contributed by atoms with Crippen LogP contribution in [0.4, 0.5) is 18.9 Å². The van der Waals surface area contributed by atoms with Crippen LogP contribution in [0.1, 0.15) is 55.9 Å². The number of nitrogens with zero attached hydrogens (tertiary/aromatic N) is 2. The number of nitrogens with two attached hydrogens (primary N) is 1. The van der Waals surface area contributed by atoms with E-state index in [0.29, 0.717) is 38.9 Å². The Morgan fingerprint density at radius 3 is 2.37 bits per heavy atom. The van der Waals surface area contributed by atoms with E-state index in [1.54, 1.807) is 36.4 Å². The monoisotopic (exact) mass is 587 g/mol. The molecule has 0 aliphatic rings. The van der Waals surface area contributed by atoms with Crippen LogP contribution in [0.25, 0.3) is 22.4 Å². The van der Waals surface area contributed by atoms with Crippen LogP contribution in [-0.4, -0.2) is 32.4 Å². The van der Waals surface area contributed by atoms with Gasteiger partial charge >= 0.3 is 6.18 Å². The third-order valence-electron chi connectivity index (χ3n) is 7.17. The lowest BCUT2D eigenvalue weighted by molar-refractivity contribution is -0.141. The molecule has 41 heavy (non-hydrogen) atoms.